The number of benzene rings is 2. The van der Waals surface area contributed by atoms with Crippen molar-refractivity contribution in [2.75, 3.05) is 27.3 Å². The fraction of sp³-hybridized carbons (Fsp3) is 0.310. The molecule has 3 aliphatic rings. The van der Waals surface area contributed by atoms with Crippen molar-refractivity contribution in [2.24, 2.45) is 5.92 Å². The molecule has 0 saturated carbocycles. The standard InChI is InChI=1S/C29H28N2O6.ClH/c1-35-24-7-3-5-18(28(24)36-2)12-25-27(34)20-9-10-23(32)21(29(20)37-25)16-30-13-17-11-19(15-30)22-6-4-8-26(33)31(22)14-17;/h3-10,12,17,19,32H,11,13-16H2,1-2H3;1H/b25-12-;/t17-,19+;/m0./s1. The maximum absolute atomic E-state index is 13.2. The number of hydrogen-bond acceptors (Lipinski definition) is 7. The largest absolute Gasteiger partial charge is 0.507 e. The summed E-state index contributed by atoms with van der Waals surface area (Å²) in [5.41, 5.74) is 2.80. The lowest BCUT2D eigenvalue weighted by Gasteiger charge is -2.42. The summed E-state index contributed by atoms with van der Waals surface area (Å²) in [6.07, 6.45) is 2.69. The molecule has 2 bridgehead atoms. The van der Waals surface area contributed by atoms with Gasteiger partial charge in [-0.15, -0.1) is 12.4 Å². The van der Waals surface area contributed by atoms with Gasteiger partial charge in [0.25, 0.3) is 5.56 Å². The SMILES string of the molecule is COc1cccc(/C=C2\Oc3c(ccc(O)c3CN3C[C@@H]4C[C@H](C3)c3cccc(=O)n3C4)C2=O)c1OC.Cl. The van der Waals surface area contributed by atoms with E-state index in [-0.39, 0.29) is 41.2 Å². The van der Waals surface area contributed by atoms with Gasteiger partial charge in [0.15, 0.2) is 17.3 Å². The number of para-hydroxylation sites is 1. The van der Waals surface area contributed by atoms with Gasteiger partial charge < -0.3 is 23.9 Å². The van der Waals surface area contributed by atoms with E-state index in [1.807, 2.05) is 28.8 Å². The number of Topliss-reactive ketones (excluding diaryl/α,β-unsaturated/α-hetero) is 1. The number of carbonyl (C=O) groups excluding carboxylic acids is 1. The maximum atomic E-state index is 13.2. The van der Waals surface area contributed by atoms with Gasteiger partial charge in [0.05, 0.1) is 25.3 Å². The summed E-state index contributed by atoms with van der Waals surface area (Å²) < 4.78 is 18.9. The molecule has 6 rings (SSSR count). The van der Waals surface area contributed by atoms with Crippen molar-refractivity contribution < 1.29 is 24.1 Å². The van der Waals surface area contributed by atoms with Crippen molar-refractivity contribution >= 4 is 24.3 Å². The van der Waals surface area contributed by atoms with E-state index < -0.39 is 0 Å². The molecule has 4 heterocycles. The molecule has 2 atom stereocenters. The number of allylic oxidation sites excluding steroid dienone is 1. The summed E-state index contributed by atoms with van der Waals surface area (Å²) in [6, 6.07) is 14.1. The lowest BCUT2D eigenvalue weighted by atomic mass is 9.83. The van der Waals surface area contributed by atoms with Crippen LogP contribution in [0.1, 0.15) is 39.5 Å². The fourth-order valence-electron chi connectivity index (χ4n) is 5.96. The molecule has 3 aliphatic heterocycles. The molecule has 1 N–H and O–H groups in total. The second-order valence-electron chi connectivity index (χ2n) is 9.85. The Bertz CT molecular complexity index is 1500. The number of likely N-dealkylation sites (tertiary alicyclic amines) is 1. The van der Waals surface area contributed by atoms with Crippen LogP contribution in [0, 0.1) is 5.92 Å². The highest BCUT2D eigenvalue weighted by Gasteiger charge is 2.37. The summed E-state index contributed by atoms with van der Waals surface area (Å²) in [5.74, 6) is 2.07. The Kier molecular flexibility index (Phi) is 6.94. The van der Waals surface area contributed by atoms with Gasteiger partial charge >= 0.3 is 0 Å². The first-order chi connectivity index (χ1) is 18.0. The summed E-state index contributed by atoms with van der Waals surface area (Å²) in [7, 11) is 3.10. The number of rotatable bonds is 5. The molecule has 0 aliphatic carbocycles. The first-order valence-corrected chi connectivity index (χ1v) is 12.4. The molecule has 0 unspecified atom stereocenters. The van der Waals surface area contributed by atoms with E-state index in [0.29, 0.717) is 52.9 Å². The minimum absolute atomic E-state index is 0. The van der Waals surface area contributed by atoms with Crippen LogP contribution in [0.5, 0.6) is 23.0 Å². The van der Waals surface area contributed by atoms with E-state index in [9.17, 15) is 14.7 Å². The van der Waals surface area contributed by atoms with Gasteiger partial charge in [-0.2, -0.15) is 0 Å². The van der Waals surface area contributed by atoms with E-state index >= 15 is 0 Å². The number of ketones is 1. The first-order valence-electron chi connectivity index (χ1n) is 12.4. The Morgan fingerprint density at radius 1 is 1.03 bits per heavy atom. The highest BCUT2D eigenvalue weighted by Crippen LogP contribution is 2.43. The number of piperidine rings is 1. The van der Waals surface area contributed by atoms with E-state index in [1.165, 1.54) is 0 Å². The molecule has 0 spiro atoms. The molecule has 0 amide bonds. The number of hydrogen-bond donors (Lipinski definition) is 1. The third kappa shape index (κ3) is 4.33. The van der Waals surface area contributed by atoms with Crippen LogP contribution in [0.3, 0.4) is 0 Å². The minimum Gasteiger partial charge on any atom is -0.507 e. The number of halogens is 1. The first kappa shape index (κ1) is 25.9. The average molecular weight is 537 g/mol. The molecular formula is C29H29ClN2O6. The van der Waals surface area contributed by atoms with Crippen molar-refractivity contribution in [1.29, 1.82) is 0 Å². The zero-order valence-electron chi connectivity index (χ0n) is 21.2. The summed E-state index contributed by atoms with van der Waals surface area (Å²) in [5, 5.41) is 10.8. The van der Waals surface area contributed by atoms with E-state index in [4.69, 9.17) is 14.2 Å². The number of phenolic OH excluding ortho intramolecular Hbond substituents is 1. The number of methoxy groups -OCH3 is 2. The summed E-state index contributed by atoms with van der Waals surface area (Å²) in [6.45, 7) is 2.71. The van der Waals surface area contributed by atoms with E-state index in [0.717, 1.165) is 25.2 Å². The Morgan fingerprint density at radius 2 is 1.84 bits per heavy atom. The number of carbonyl (C=O) groups is 1. The van der Waals surface area contributed by atoms with E-state index in [2.05, 4.69) is 4.90 Å². The molecule has 0 radical (unpaired) electrons. The van der Waals surface area contributed by atoms with Gasteiger partial charge in [0, 0.05) is 49.4 Å². The van der Waals surface area contributed by atoms with Crippen molar-refractivity contribution in [3.05, 3.63) is 87.0 Å². The van der Waals surface area contributed by atoms with Gasteiger partial charge in [-0.3, -0.25) is 14.5 Å². The molecule has 198 valence electrons. The monoisotopic (exact) mass is 536 g/mol. The number of aromatic nitrogens is 1. The normalized spacial score (nSPS) is 20.8. The van der Waals surface area contributed by atoms with Crippen molar-refractivity contribution in [2.45, 2.75) is 25.4 Å². The molecule has 1 saturated heterocycles. The van der Waals surface area contributed by atoms with Gasteiger partial charge in [-0.05, 0) is 42.7 Å². The van der Waals surface area contributed by atoms with Crippen LogP contribution in [0.25, 0.3) is 6.08 Å². The minimum atomic E-state index is -0.245. The van der Waals surface area contributed by atoms with Crippen LogP contribution in [-0.4, -0.2) is 47.7 Å². The summed E-state index contributed by atoms with van der Waals surface area (Å²) >= 11 is 0. The van der Waals surface area contributed by atoms with Crippen LogP contribution in [-0.2, 0) is 13.1 Å². The number of aromatic hydroxyl groups is 1. The summed E-state index contributed by atoms with van der Waals surface area (Å²) in [4.78, 5) is 27.9. The quantitative estimate of drug-likeness (QED) is 0.488. The molecule has 3 aromatic rings. The average Bonchev–Trinajstić information content (AvgIpc) is 3.21. The number of phenols is 1. The fourth-order valence-corrected chi connectivity index (χ4v) is 5.96. The van der Waals surface area contributed by atoms with Gasteiger partial charge in [-0.25, -0.2) is 0 Å². The highest BCUT2D eigenvalue weighted by molar-refractivity contribution is 6.15. The number of pyridine rings is 1. The van der Waals surface area contributed by atoms with Gasteiger partial charge in [-0.1, -0.05) is 18.2 Å². The topological polar surface area (TPSA) is 90.2 Å². The Hall–Kier alpha value is -3.75. The van der Waals surface area contributed by atoms with Crippen LogP contribution in [0.4, 0.5) is 0 Å². The predicted molar refractivity (Wildman–Crippen MR) is 145 cm³/mol. The van der Waals surface area contributed by atoms with Crippen LogP contribution < -0.4 is 19.8 Å². The molecule has 38 heavy (non-hydrogen) atoms. The maximum Gasteiger partial charge on any atom is 0.250 e. The zero-order chi connectivity index (χ0) is 25.7. The van der Waals surface area contributed by atoms with Crippen LogP contribution in [0.15, 0.2) is 59.1 Å². The number of nitrogens with zero attached hydrogens (tertiary/aromatic N) is 2. The van der Waals surface area contributed by atoms with Gasteiger partial charge in [0.2, 0.25) is 5.78 Å². The Labute approximate surface area is 226 Å². The number of fused-ring (bicyclic) bond motifs is 5. The van der Waals surface area contributed by atoms with E-state index in [1.54, 1.807) is 44.6 Å². The molecule has 8 nitrogen and oxygen atoms in total. The predicted octanol–water partition coefficient (Wildman–Crippen LogP) is 4.23. The van der Waals surface area contributed by atoms with Crippen molar-refractivity contribution in [3.63, 3.8) is 0 Å². The highest BCUT2D eigenvalue weighted by atomic mass is 35.5. The Morgan fingerprint density at radius 3 is 2.63 bits per heavy atom. The third-order valence-electron chi connectivity index (χ3n) is 7.57. The second-order valence-corrected chi connectivity index (χ2v) is 9.85. The third-order valence-corrected chi connectivity index (χ3v) is 7.57. The Balaban J connectivity index is 0.00000294. The van der Waals surface area contributed by atoms with Gasteiger partial charge in [0.1, 0.15) is 11.5 Å². The lowest BCUT2D eigenvalue weighted by Crippen LogP contribution is -2.46. The zero-order valence-corrected chi connectivity index (χ0v) is 22.0. The molecule has 2 aromatic carbocycles. The van der Waals surface area contributed by atoms with Crippen molar-refractivity contribution in [3.8, 4) is 23.0 Å². The second kappa shape index (κ2) is 10.2. The lowest BCUT2D eigenvalue weighted by molar-refractivity contribution is 0.101. The smallest absolute Gasteiger partial charge is 0.250 e. The number of ether oxygens (including phenoxy) is 3. The van der Waals surface area contributed by atoms with Crippen LogP contribution >= 0.6 is 12.4 Å². The van der Waals surface area contributed by atoms with Crippen LogP contribution in [0.2, 0.25) is 0 Å². The molecule has 1 aromatic heterocycles. The molecule has 9 heteroatoms. The van der Waals surface area contributed by atoms with Crippen molar-refractivity contribution in [1.82, 2.24) is 9.47 Å². The molecule has 1 fully saturated rings. The molecular weight excluding hydrogens is 508 g/mol.